The number of hydrogen-bond acceptors (Lipinski definition) is 3. The summed E-state index contributed by atoms with van der Waals surface area (Å²) in [6, 6.07) is 15.5. The summed E-state index contributed by atoms with van der Waals surface area (Å²) in [6.45, 7) is 3.43. The Morgan fingerprint density at radius 2 is 2.00 bits per heavy atom. The lowest BCUT2D eigenvalue weighted by molar-refractivity contribution is 0.252. The van der Waals surface area contributed by atoms with Crippen LogP contribution in [-0.2, 0) is 6.54 Å². The van der Waals surface area contributed by atoms with Gasteiger partial charge >= 0.3 is 6.03 Å². The second-order valence-corrected chi connectivity index (χ2v) is 7.54. The second kappa shape index (κ2) is 9.65. The van der Waals surface area contributed by atoms with Crippen LogP contribution in [-0.4, -0.2) is 28.7 Å². The number of fused-ring (bicyclic) bond motifs is 1. The van der Waals surface area contributed by atoms with Crippen molar-refractivity contribution in [2.75, 3.05) is 23.4 Å². The minimum absolute atomic E-state index is 0.213. The van der Waals surface area contributed by atoms with Crippen molar-refractivity contribution >= 4 is 45.2 Å². The lowest BCUT2D eigenvalue weighted by Gasteiger charge is -2.11. The highest BCUT2D eigenvalue weighted by Crippen LogP contribution is 2.35. The van der Waals surface area contributed by atoms with Crippen molar-refractivity contribution in [2.45, 2.75) is 19.9 Å². The van der Waals surface area contributed by atoms with Crippen molar-refractivity contribution in [3.05, 3.63) is 48.0 Å². The molecule has 2 amide bonds. The van der Waals surface area contributed by atoms with E-state index >= 15 is 0 Å². The molecule has 2 aromatic carbocycles. The average Bonchev–Trinajstić information content (AvgIpc) is 3.07. The number of aromatic nitrogens is 1. The number of nitriles is 1. The molecule has 0 bridgehead atoms. The summed E-state index contributed by atoms with van der Waals surface area (Å²) in [4.78, 5) is 11.9. The molecule has 0 aliphatic rings. The molecule has 1 aromatic heterocycles. The van der Waals surface area contributed by atoms with Crippen molar-refractivity contribution in [1.82, 2.24) is 9.88 Å². The fraction of sp³-hybridized carbons (Fsp3) is 0.273. The van der Waals surface area contributed by atoms with Gasteiger partial charge in [0.15, 0.2) is 0 Å². The standard InChI is InChI=1S/C22H23IN4O2/c1-3-27-20-13-17(29-2)9-10-18(20)19(14-24)21(27)15-5-7-16(8-6-15)26-22(28)25-12-4-11-23/h5-10,13H,3-4,11-12H2,1-2H3,(H2,25,26,28). The molecule has 0 saturated heterocycles. The van der Waals surface area contributed by atoms with Crippen LogP contribution in [0.25, 0.3) is 22.2 Å². The van der Waals surface area contributed by atoms with E-state index in [4.69, 9.17) is 4.74 Å². The summed E-state index contributed by atoms with van der Waals surface area (Å²) >= 11 is 2.28. The number of nitrogens with one attached hydrogen (secondary N) is 2. The third kappa shape index (κ3) is 4.48. The predicted octanol–water partition coefficient (Wildman–Crippen LogP) is 5.16. The van der Waals surface area contributed by atoms with Crippen LogP contribution < -0.4 is 15.4 Å². The Bertz CT molecular complexity index is 1050. The van der Waals surface area contributed by atoms with E-state index < -0.39 is 0 Å². The van der Waals surface area contributed by atoms with Crippen molar-refractivity contribution in [3.63, 3.8) is 0 Å². The molecule has 6 nitrogen and oxygen atoms in total. The molecule has 0 fully saturated rings. The fourth-order valence-corrected chi connectivity index (χ4v) is 3.73. The van der Waals surface area contributed by atoms with Gasteiger partial charge in [-0.3, -0.25) is 0 Å². The highest BCUT2D eigenvalue weighted by Gasteiger charge is 2.18. The summed E-state index contributed by atoms with van der Waals surface area (Å²) in [6.07, 6.45) is 0.941. The van der Waals surface area contributed by atoms with Crippen LogP contribution >= 0.6 is 22.6 Å². The zero-order valence-electron chi connectivity index (χ0n) is 16.5. The Morgan fingerprint density at radius 3 is 2.62 bits per heavy atom. The SMILES string of the molecule is CCn1c(-c2ccc(NC(=O)NCCCI)cc2)c(C#N)c2ccc(OC)cc21. The molecule has 3 aromatic rings. The van der Waals surface area contributed by atoms with Gasteiger partial charge in [-0.05, 0) is 43.2 Å². The Balaban J connectivity index is 1.94. The number of halogens is 1. The molecule has 3 rings (SSSR count). The molecule has 0 unspecified atom stereocenters. The summed E-state index contributed by atoms with van der Waals surface area (Å²) in [5, 5.41) is 16.4. The number of alkyl halides is 1. The van der Waals surface area contributed by atoms with Gasteiger partial charge in [0.05, 0.1) is 23.9 Å². The maximum Gasteiger partial charge on any atom is 0.319 e. The zero-order chi connectivity index (χ0) is 20.8. The fourth-order valence-electron chi connectivity index (χ4n) is 3.35. The number of methoxy groups -OCH3 is 1. The molecular formula is C22H23IN4O2. The molecule has 0 atom stereocenters. The van der Waals surface area contributed by atoms with E-state index in [9.17, 15) is 10.1 Å². The second-order valence-electron chi connectivity index (χ2n) is 6.46. The Kier molecular flexibility index (Phi) is 6.99. The third-order valence-corrected chi connectivity index (χ3v) is 5.47. The topological polar surface area (TPSA) is 79.1 Å². The molecule has 1 heterocycles. The van der Waals surface area contributed by atoms with Crippen LogP contribution in [0.5, 0.6) is 5.75 Å². The quantitative estimate of drug-likeness (QED) is 0.266. The van der Waals surface area contributed by atoms with Gasteiger partial charge in [0.25, 0.3) is 0 Å². The van der Waals surface area contributed by atoms with Crippen LogP contribution in [0.3, 0.4) is 0 Å². The molecule has 150 valence electrons. The largest absolute Gasteiger partial charge is 0.497 e. The van der Waals surface area contributed by atoms with Crippen LogP contribution in [0, 0.1) is 11.3 Å². The van der Waals surface area contributed by atoms with Crippen LogP contribution in [0.1, 0.15) is 18.9 Å². The van der Waals surface area contributed by atoms with Gasteiger partial charge in [-0.2, -0.15) is 5.26 Å². The zero-order valence-corrected chi connectivity index (χ0v) is 18.6. The number of carbonyl (C=O) groups is 1. The molecule has 0 aliphatic carbocycles. The lowest BCUT2D eigenvalue weighted by Crippen LogP contribution is -2.29. The molecule has 29 heavy (non-hydrogen) atoms. The molecule has 0 aliphatic heterocycles. The summed E-state index contributed by atoms with van der Waals surface area (Å²) in [5.74, 6) is 0.758. The molecular weight excluding hydrogens is 479 g/mol. The number of rotatable bonds is 7. The number of benzene rings is 2. The number of anilines is 1. The van der Waals surface area contributed by atoms with Gasteiger partial charge in [0.1, 0.15) is 11.8 Å². The Morgan fingerprint density at radius 1 is 1.24 bits per heavy atom. The van der Waals surface area contributed by atoms with Crippen LogP contribution in [0.15, 0.2) is 42.5 Å². The van der Waals surface area contributed by atoms with Gasteiger partial charge in [-0.25, -0.2) is 4.79 Å². The molecule has 2 N–H and O–H groups in total. The maximum absolute atomic E-state index is 11.9. The number of aryl methyl sites for hydroxylation is 1. The molecule has 7 heteroatoms. The van der Waals surface area contributed by atoms with E-state index in [0.29, 0.717) is 17.8 Å². The van der Waals surface area contributed by atoms with Crippen molar-refractivity contribution < 1.29 is 9.53 Å². The van der Waals surface area contributed by atoms with Gasteiger partial charge in [-0.1, -0.05) is 34.7 Å². The average molecular weight is 502 g/mol. The van der Waals surface area contributed by atoms with E-state index in [1.165, 1.54) is 0 Å². The summed E-state index contributed by atoms with van der Waals surface area (Å²) < 4.78 is 8.48. The van der Waals surface area contributed by atoms with Crippen LogP contribution in [0.2, 0.25) is 0 Å². The third-order valence-electron chi connectivity index (χ3n) is 4.71. The first kappa shape index (κ1) is 21.0. The minimum atomic E-state index is -0.213. The first-order valence-electron chi connectivity index (χ1n) is 9.44. The molecule has 0 radical (unpaired) electrons. The number of amides is 2. The lowest BCUT2D eigenvalue weighted by atomic mass is 10.1. The molecule has 0 spiro atoms. The van der Waals surface area contributed by atoms with E-state index in [-0.39, 0.29) is 6.03 Å². The van der Waals surface area contributed by atoms with Crippen molar-refractivity contribution in [2.24, 2.45) is 0 Å². The number of carbonyl (C=O) groups excluding carboxylic acids is 1. The first-order valence-corrected chi connectivity index (χ1v) is 11.0. The van der Waals surface area contributed by atoms with E-state index in [2.05, 4.69) is 50.8 Å². The maximum atomic E-state index is 11.9. The monoisotopic (exact) mass is 502 g/mol. The smallest absolute Gasteiger partial charge is 0.319 e. The van der Waals surface area contributed by atoms with Gasteiger partial charge in [-0.15, -0.1) is 0 Å². The number of nitrogens with zero attached hydrogens (tertiary/aromatic N) is 2. The van der Waals surface area contributed by atoms with E-state index in [1.807, 2.05) is 42.5 Å². The van der Waals surface area contributed by atoms with Gasteiger partial charge in [0, 0.05) is 34.7 Å². The summed E-state index contributed by atoms with van der Waals surface area (Å²) in [7, 11) is 1.64. The first-order chi connectivity index (χ1) is 14.1. The highest BCUT2D eigenvalue weighted by atomic mass is 127. The summed E-state index contributed by atoms with van der Waals surface area (Å²) in [5.41, 5.74) is 4.11. The van der Waals surface area contributed by atoms with Crippen molar-refractivity contribution in [3.8, 4) is 23.1 Å². The number of hydrogen-bond donors (Lipinski definition) is 2. The normalized spacial score (nSPS) is 10.6. The number of urea groups is 1. The van der Waals surface area contributed by atoms with E-state index in [1.54, 1.807) is 7.11 Å². The predicted molar refractivity (Wildman–Crippen MR) is 125 cm³/mol. The minimum Gasteiger partial charge on any atom is -0.497 e. The van der Waals surface area contributed by atoms with Crippen LogP contribution in [0.4, 0.5) is 10.5 Å². The number of ether oxygens (including phenoxy) is 1. The molecule has 0 saturated carbocycles. The highest BCUT2D eigenvalue weighted by molar-refractivity contribution is 14.1. The van der Waals surface area contributed by atoms with Crippen molar-refractivity contribution in [1.29, 1.82) is 5.26 Å². The Hall–Kier alpha value is -2.73. The Labute approximate surface area is 184 Å². The van der Waals surface area contributed by atoms with E-state index in [0.717, 1.165) is 45.3 Å². The van der Waals surface area contributed by atoms with Gasteiger partial charge < -0.3 is 19.9 Å². The van der Waals surface area contributed by atoms with Gasteiger partial charge in [0.2, 0.25) is 0 Å².